The van der Waals surface area contributed by atoms with Crippen molar-refractivity contribution in [2.24, 2.45) is 11.8 Å². The van der Waals surface area contributed by atoms with Gasteiger partial charge in [-0.2, -0.15) is 0 Å². The second-order valence-corrected chi connectivity index (χ2v) is 6.88. The third-order valence-electron chi connectivity index (χ3n) is 4.89. The number of aliphatic hydroxyl groups is 2. The van der Waals surface area contributed by atoms with Gasteiger partial charge in [0.1, 0.15) is 25.6 Å². The summed E-state index contributed by atoms with van der Waals surface area (Å²) < 4.78 is 9.79. The topological polar surface area (TPSA) is 105 Å². The number of aliphatic hydroxyl groups excluding tert-OH is 2. The van der Waals surface area contributed by atoms with E-state index in [2.05, 4.69) is 21.9 Å². The maximum Gasteiger partial charge on any atom is 0.332 e. The molecule has 0 aliphatic heterocycles. The number of ether oxygens (including phenoxy) is 2. The monoisotopic (exact) mass is 403 g/mol. The Hall–Kier alpha value is -2.40. The summed E-state index contributed by atoms with van der Waals surface area (Å²) in [4.78, 5) is 23.5. The first-order chi connectivity index (χ1) is 14.2. The number of hydrogen-bond donors (Lipinski definition) is 3. The summed E-state index contributed by atoms with van der Waals surface area (Å²) in [5, 5.41) is 21.1. The third-order valence-corrected chi connectivity index (χ3v) is 4.89. The summed E-state index contributed by atoms with van der Waals surface area (Å²) in [5.41, 5.74) is 1.99. The Kier molecular flexibility index (Phi) is 10.2. The van der Waals surface area contributed by atoms with Crippen molar-refractivity contribution in [3.05, 3.63) is 29.8 Å². The average Bonchev–Trinajstić information content (AvgIpc) is 3.08. The van der Waals surface area contributed by atoms with Crippen molar-refractivity contribution in [1.29, 1.82) is 0 Å². The molecule has 0 aromatic heterocycles. The van der Waals surface area contributed by atoms with Crippen LogP contribution in [0.1, 0.15) is 24.8 Å². The summed E-state index contributed by atoms with van der Waals surface area (Å²) in [6.07, 6.45) is 2.58. The van der Waals surface area contributed by atoms with Gasteiger partial charge in [-0.15, -0.1) is 5.92 Å². The van der Waals surface area contributed by atoms with Gasteiger partial charge < -0.3 is 25.0 Å². The molecule has 3 N–H and O–H groups in total. The maximum atomic E-state index is 12.3. The van der Waals surface area contributed by atoms with Gasteiger partial charge >= 0.3 is 5.97 Å². The number of nitrogens with one attached hydrogen (secondary N) is 1. The van der Waals surface area contributed by atoms with Crippen molar-refractivity contribution < 1.29 is 29.3 Å². The van der Waals surface area contributed by atoms with Crippen molar-refractivity contribution >= 4 is 17.4 Å². The molecule has 0 heterocycles. The molecule has 2 rings (SSSR count). The lowest BCUT2D eigenvalue weighted by atomic mass is 9.92. The molecule has 2 atom stereocenters. The summed E-state index contributed by atoms with van der Waals surface area (Å²) >= 11 is 0. The fraction of sp³-hybridized carbons (Fsp3) is 0.545. The van der Waals surface area contributed by atoms with Crippen molar-refractivity contribution in [3.63, 3.8) is 0 Å². The summed E-state index contributed by atoms with van der Waals surface area (Å²) in [7, 11) is 0. The molecule has 0 radical (unpaired) electrons. The average molecular weight is 403 g/mol. The van der Waals surface area contributed by atoms with Crippen molar-refractivity contribution in [2.45, 2.75) is 25.7 Å². The zero-order chi connectivity index (χ0) is 20.9. The molecule has 158 valence electrons. The molecular formula is C22H29NO6. The van der Waals surface area contributed by atoms with Crippen LogP contribution in [0.4, 0.5) is 5.69 Å². The van der Waals surface area contributed by atoms with Gasteiger partial charge in [0.25, 0.3) is 0 Å². The number of anilines is 1. The summed E-state index contributed by atoms with van der Waals surface area (Å²) in [5.74, 6) is 5.75. The third kappa shape index (κ3) is 7.86. The second-order valence-electron chi connectivity index (χ2n) is 6.88. The van der Waals surface area contributed by atoms with E-state index in [1.807, 2.05) is 24.3 Å². The van der Waals surface area contributed by atoms with Gasteiger partial charge in [-0.25, -0.2) is 4.79 Å². The molecule has 7 nitrogen and oxygen atoms in total. The molecule has 1 saturated carbocycles. The van der Waals surface area contributed by atoms with Gasteiger partial charge in [0.05, 0.1) is 6.61 Å². The zero-order valence-electron chi connectivity index (χ0n) is 16.6. The van der Waals surface area contributed by atoms with E-state index in [1.54, 1.807) is 0 Å². The molecule has 0 spiro atoms. The molecule has 1 aliphatic rings. The zero-order valence-corrected chi connectivity index (χ0v) is 16.6. The minimum absolute atomic E-state index is 0.0382. The normalized spacial score (nSPS) is 18.2. The van der Waals surface area contributed by atoms with Gasteiger partial charge in [-0.1, -0.05) is 24.1 Å². The van der Waals surface area contributed by atoms with Crippen LogP contribution in [0, 0.1) is 23.7 Å². The largest absolute Gasteiger partial charge is 0.462 e. The summed E-state index contributed by atoms with van der Waals surface area (Å²) in [6.45, 7) is 0.308. The predicted molar refractivity (Wildman–Crippen MR) is 108 cm³/mol. The minimum atomic E-state index is -0.533. The molecule has 1 aromatic carbocycles. The van der Waals surface area contributed by atoms with Gasteiger partial charge in [0, 0.05) is 37.6 Å². The SMILES string of the molecule is O=C(COCC#CC[C@H]1CCC(=O)[C@@H]1CNc1ccccc1CCO)OCCO. The number of carbonyl (C=O) groups is 2. The molecular weight excluding hydrogens is 374 g/mol. The molecule has 0 saturated heterocycles. The predicted octanol–water partition coefficient (Wildman–Crippen LogP) is 1.17. The lowest BCUT2D eigenvalue weighted by molar-refractivity contribution is -0.149. The molecule has 1 aliphatic carbocycles. The fourth-order valence-electron chi connectivity index (χ4n) is 3.39. The number of para-hydroxylation sites is 1. The van der Waals surface area contributed by atoms with Gasteiger partial charge in [-0.3, -0.25) is 4.79 Å². The lowest BCUT2D eigenvalue weighted by Crippen LogP contribution is -2.24. The van der Waals surface area contributed by atoms with Crippen LogP contribution in [-0.4, -0.2) is 61.5 Å². The smallest absolute Gasteiger partial charge is 0.332 e. The van der Waals surface area contributed by atoms with Crippen LogP contribution in [0.15, 0.2) is 24.3 Å². The van der Waals surface area contributed by atoms with E-state index >= 15 is 0 Å². The first kappa shape index (κ1) is 22.9. The first-order valence-corrected chi connectivity index (χ1v) is 9.91. The molecule has 0 unspecified atom stereocenters. The minimum Gasteiger partial charge on any atom is -0.462 e. The Morgan fingerprint density at radius 2 is 2.03 bits per heavy atom. The Morgan fingerprint density at radius 1 is 1.21 bits per heavy atom. The highest BCUT2D eigenvalue weighted by molar-refractivity contribution is 5.84. The standard InChI is InChI=1S/C22H29NO6/c24-11-10-18-6-1-2-7-20(18)23-15-19-17(8-9-21(19)26)5-3-4-13-28-16-22(27)29-14-12-25/h1-2,6-7,17,19,23-25H,5,8-16H2/t17-,19+/m0/s1. The second kappa shape index (κ2) is 12.9. The van der Waals surface area contributed by atoms with Crippen molar-refractivity contribution in [1.82, 2.24) is 0 Å². The molecule has 1 aromatic rings. The first-order valence-electron chi connectivity index (χ1n) is 9.91. The van der Waals surface area contributed by atoms with E-state index in [1.165, 1.54) is 0 Å². The van der Waals surface area contributed by atoms with Crippen molar-refractivity contribution in [3.8, 4) is 11.8 Å². The molecule has 1 fully saturated rings. The van der Waals surface area contributed by atoms with Crippen molar-refractivity contribution in [2.75, 3.05) is 44.9 Å². The van der Waals surface area contributed by atoms with Crippen LogP contribution >= 0.6 is 0 Å². The molecule has 29 heavy (non-hydrogen) atoms. The van der Waals surface area contributed by atoms with Crippen LogP contribution in [0.25, 0.3) is 0 Å². The number of esters is 1. The van der Waals surface area contributed by atoms with Gasteiger partial charge in [0.15, 0.2) is 0 Å². The van der Waals surface area contributed by atoms with Crippen LogP contribution in [0.3, 0.4) is 0 Å². The van der Waals surface area contributed by atoms with E-state index in [-0.39, 0.29) is 50.7 Å². The number of benzene rings is 1. The van der Waals surface area contributed by atoms with Gasteiger partial charge in [0.2, 0.25) is 0 Å². The van der Waals surface area contributed by atoms with Crippen LogP contribution in [0.5, 0.6) is 0 Å². The van der Waals surface area contributed by atoms with Gasteiger partial charge in [-0.05, 0) is 30.4 Å². The highest BCUT2D eigenvalue weighted by Crippen LogP contribution is 2.31. The molecule has 0 bridgehead atoms. The quantitative estimate of drug-likeness (QED) is 0.289. The maximum absolute atomic E-state index is 12.3. The number of Topliss-reactive ketones (excluding diaryl/α,β-unsaturated/α-hetero) is 1. The number of ketones is 1. The highest BCUT2D eigenvalue weighted by atomic mass is 16.6. The van der Waals surface area contributed by atoms with Crippen LogP contribution < -0.4 is 5.32 Å². The van der Waals surface area contributed by atoms with E-state index in [0.29, 0.717) is 25.8 Å². The fourth-order valence-corrected chi connectivity index (χ4v) is 3.39. The van der Waals surface area contributed by atoms with E-state index in [4.69, 9.17) is 9.84 Å². The number of rotatable bonds is 11. The number of hydrogen-bond acceptors (Lipinski definition) is 7. The lowest BCUT2D eigenvalue weighted by Gasteiger charge is -2.19. The number of carbonyl (C=O) groups excluding carboxylic acids is 2. The van der Waals surface area contributed by atoms with Crippen LogP contribution in [0.2, 0.25) is 0 Å². The molecule has 7 heteroatoms. The Bertz CT molecular complexity index is 724. The van der Waals surface area contributed by atoms with Crippen LogP contribution in [-0.2, 0) is 25.5 Å². The summed E-state index contributed by atoms with van der Waals surface area (Å²) in [6, 6.07) is 7.80. The van der Waals surface area contributed by atoms with E-state index in [0.717, 1.165) is 17.7 Å². The Balaban J connectivity index is 1.77. The molecule has 0 amide bonds. The highest BCUT2D eigenvalue weighted by Gasteiger charge is 2.33. The Morgan fingerprint density at radius 3 is 2.83 bits per heavy atom. The Labute approximate surface area is 171 Å². The van der Waals surface area contributed by atoms with E-state index < -0.39 is 5.97 Å². The van der Waals surface area contributed by atoms with E-state index in [9.17, 15) is 14.7 Å².